The van der Waals surface area contributed by atoms with E-state index in [1.54, 1.807) is 0 Å². The highest BCUT2D eigenvalue weighted by Gasteiger charge is 2.45. The van der Waals surface area contributed by atoms with Crippen LogP contribution in [0.25, 0.3) is 0 Å². The summed E-state index contributed by atoms with van der Waals surface area (Å²) in [6.07, 6.45) is -6.28. The number of alkyl halides is 1. The standard InChI is InChI=1S/C5H10FO7P/c6-1-2-3(7)4(8)5(12-2)13-14(9,10)11/h2-5,7-8H,1H2,(H2,9,10,11). The average molecular weight is 232 g/mol. The summed E-state index contributed by atoms with van der Waals surface area (Å²) < 4.78 is 30.9. The van der Waals surface area contributed by atoms with E-state index in [0.29, 0.717) is 0 Å². The molecular weight excluding hydrogens is 222 g/mol. The van der Waals surface area contributed by atoms with E-state index in [2.05, 4.69) is 9.26 Å². The van der Waals surface area contributed by atoms with E-state index >= 15 is 0 Å². The Kier molecular flexibility index (Phi) is 3.59. The van der Waals surface area contributed by atoms with Crippen LogP contribution in [-0.4, -0.2) is 51.3 Å². The first-order chi connectivity index (χ1) is 6.35. The van der Waals surface area contributed by atoms with E-state index in [4.69, 9.17) is 20.0 Å². The van der Waals surface area contributed by atoms with Crippen molar-refractivity contribution >= 4 is 7.82 Å². The van der Waals surface area contributed by atoms with Gasteiger partial charge < -0.3 is 24.7 Å². The highest BCUT2D eigenvalue weighted by atomic mass is 31.2. The van der Waals surface area contributed by atoms with Crippen LogP contribution in [0.2, 0.25) is 0 Å². The number of aliphatic hydroxyl groups is 2. The molecule has 0 bridgehead atoms. The summed E-state index contributed by atoms with van der Waals surface area (Å²) >= 11 is 0. The van der Waals surface area contributed by atoms with Gasteiger partial charge in [0.1, 0.15) is 25.0 Å². The molecular formula is C5H10FO7P. The van der Waals surface area contributed by atoms with Crippen molar-refractivity contribution in [2.75, 3.05) is 6.67 Å². The molecule has 4 atom stereocenters. The normalized spacial score (nSPS) is 38.9. The van der Waals surface area contributed by atoms with Gasteiger partial charge in [-0.1, -0.05) is 0 Å². The summed E-state index contributed by atoms with van der Waals surface area (Å²) in [5.74, 6) is 0. The number of hydrogen-bond donors (Lipinski definition) is 4. The Bertz CT molecular complexity index is 242. The maximum atomic E-state index is 12.1. The molecule has 1 aliphatic heterocycles. The third-order valence-corrected chi connectivity index (χ3v) is 2.19. The van der Waals surface area contributed by atoms with Crippen LogP contribution in [-0.2, 0) is 13.8 Å². The predicted octanol–water partition coefficient (Wildman–Crippen LogP) is -1.49. The zero-order valence-electron chi connectivity index (χ0n) is 6.86. The summed E-state index contributed by atoms with van der Waals surface area (Å²) in [7, 11) is -4.83. The molecule has 0 aromatic carbocycles. The Morgan fingerprint density at radius 2 is 1.93 bits per heavy atom. The Hall–Kier alpha value is -0.0800. The largest absolute Gasteiger partial charge is 0.472 e. The molecule has 14 heavy (non-hydrogen) atoms. The summed E-state index contributed by atoms with van der Waals surface area (Å²) in [6, 6.07) is 0. The lowest BCUT2D eigenvalue weighted by molar-refractivity contribution is -0.122. The van der Waals surface area contributed by atoms with Gasteiger partial charge in [0.2, 0.25) is 0 Å². The van der Waals surface area contributed by atoms with E-state index in [9.17, 15) is 8.96 Å². The van der Waals surface area contributed by atoms with Crippen LogP contribution in [0.15, 0.2) is 0 Å². The molecule has 1 aliphatic rings. The Labute approximate surface area is 78.3 Å². The molecule has 7 nitrogen and oxygen atoms in total. The van der Waals surface area contributed by atoms with Gasteiger partial charge in [0, 0.05) is 0 Å². The predicted molar refractivity (Wildman–Crippen MR) is 39.8 cm³/mol. The first-order valence-electron chi connectivity index (χ1n) is 3.66. The molecule has 1 rings (SSSR count). The maximum Gasteiger partial charge on any atom is 0.472 e. The van der Waals surface area contributed by atoms with Crippen molar-refractivity contribution in [1.82, 2.24) is 0 Å². The number of ether oxygens (including phenoxy) is 1. The molecule has 0 aliphatic carbocycles. The number of rotatable bonds is 3. The summed E-state index contributed by atoms with van der Waals surface area (Å²) in [6.45, 7) is -1.08. The fourth-order valence-electron chi connectivity index (χ4n) is 1.06. The highest BCUT2D eigenvalue weighted by Crippen LogP contribution is 2.41. The van der Waals surface area contributed by atoms with Crippen molar-refractivity contribution in [2.24, 2.45) is 0 Å². The third-order valence-electron chi connectivity index (χ3n) is 1.71. The minimum Gasteiger partial charge on any atom is -0.387 e. The van der Waals surface area contributed by atoms with Gasteiger partial charge in [0.05, 0.1) is 0 Å². The van der Waals surface area contributed by atoms with E-state index in [1.165, 1.54) is 0 Å². The second kappa shape index (κ2) is 4.19. The second-order valence-corrected chi connectivity index (χ2v) is 3.97. The number of phosphoric acid groups is 1. The van der Waals surface area contributed by atoms with Crippen molar-refractivity contribution in [3.05, 3.63) is 0 Å². The van der Waals surface area contributed by atoms with Crippen LogP contribution in [0, 0.1) is 0 Å². The molecule has 4 unspecified atom stereocenters. The van der Waals surface area contributed by atoms with Crippen LogP contribution < -0.4 is 0 Å². The monoisotopic (exact) mass is 232 g/mol. The smallest absolute Gasteiger partial charge is 0.387 e. The van der Waals surface area contributed by atoms with E-state index < -0.39 is 39.1 Å². The molecule has 0 saturated carbocycles. The van der Waals surface area contributed by atoms with Gasteiger partial charge in [-0.15, -0.1) is 0 Å². The van der Waals surface area contributed by atoms with Gasteiger partial charge >= 0.3 is 7.82 Å². The SMILES string of the molecule is O=P(O)(O)OC1OC(CF)C(O)C1O. The van der Waals surface area contributed by atoms with Gasteiger partial charge in [-0.25, -0.2) is 8.96 Å². The van der Waals surface area contributed by atoms with Gasteiger partial charge in [-0.05, 0) is 0 Å². The van der Waals surface area contributed by atoms with Crippen molar-refractivity contribution in [1.29, 1.82) is 0 Å². The van der Waals surface area contributed by atoms with Crippen molar-refractivity contribution in [3.63, 3.8) is 0 Å². The number of aliphatic hydroxyl groups excluding tert-OH is 2. The number of halogens is 1. The molecule has 1 fully saturated rings. The first kappa shape index (κ1) is 12.0. The molecule has 4 N–H and O–H groups in total. The molecule has 0 radical (unpaired) electrons. The van der Waals surface area contributed by atoms with E-state index in [1.807, 2.05) is 0 Å². The number of phosphoric ester groups is 1. The van der Waals surface area contributed by atoms with Crippen LogP contribution in [0.1, 0.15) is 0 Å². The summed E-state index contributed by atoms with van der Waals surface area (Å²) in [5, 5.41) is 18.2. The molecule has 0 aromatic heterocycles. The fourth-order valence-corrected chi connectivity index (χ4v) is 1.51. The minimum absolute atomic E-state index is 1.08. The lowest BCUT2D eigenvalue weighted by Gasteiger charge is -2.15. The van der Waals surface area contributed by atoms with Crippen LogP contribution in [0.5, 0.6) is 0 Å². The number of hydrogen-bond acceptors (Lipinski definition) is 5. The molecule has 1 saturated heterocycles. The molecule has 0 amide bonds. The zero-order chi connectivity index (χ0) is 10.9. The highest BCUT2D eigenvalue weighted by molar-refractivity contribution is 7.46. The Morgan fingerprint density at radius 1 is 1.36 bits per heavy atom. The summed E-state index contributed by atoms with van der Waals surface area (Å²) in [5.41, 5.74) is 0. The first-order valence-corrected chi connectivity index (χ1v) is 5.19. The topological polar surface area (TPSA) is 116 Å². The van der Waals surface area contributed by atoms with E-state index in [0.717, 1.165) is 0 Å². The molecule has 0 spiro atoms. The second-order valence-electron chi connectivity index (χ2n) is 2.77. The maximum absolute atomic E-state index is 12.1. The molecule has 9 heteroatoms. The van der Waals surface area contributed by atoms with Crippen LogP contribution in [0.4, 0.5) is 4.39 Å². The zero-order valence-corrected chi connectivity index (χ0v) is 7.75. The lowest BCUT2D eigenvalue weighted by atomic mass is 10.1. The van der Waals surface area contributed by atoms with Crippen molar-refractivity contribution < 1.29 is 38.2 Å². The van der Waals surface area contributed by atoms with Crippen LogP contribution in [0.3, 0.4) is 0 Å². The fraction of sp³-hybridized carbons (Fsp3) is 1.00. The average Bonchev–Trinajstić information content (AvgIpc) is 2.30. The Balaban J connectivity index is 2.61. The quantitative estimate of drug-likeness (QED) is 0.438. The Morgan fingerprint density at radius 3 is 2.29 bits per heavy atom. The molecule has 84 valence electrons. The van der Waals surface area contributed by atoms with E-state index in [-0.39, 0.29) is 0 Å². The van der Waals surface area contributed by atoms with Crippen molar-refractivity contribution in [3.8, 4) is 0 Å². The van der Waals surface area contributed by atoms with Gasteiger partial charge in [-0.2, -0.15) is 0 Å². The lowest BCUT2D eigenvalue weighted by Crippen LogP contribution is -2.33. The molecule has 1 heterocycles. The van der Waals surface area contributed by atoms with Gasteiger partial charge in [0.15, 0.2) is 6.29 Å². The van der Waals surface area contributed by atoms with Gasteiger partial charge in [0.25, 0.3) is 0 Å². The van der Waals surface area contributed by atoms with Crippen LogP contribution >= 0.6 is 7.82 Å². The van der Waals surface area contributed by atoms with Gasteiger partial charge in [-0.3, -0.25) is 4.52 Å². The third kappa shape index (κ3) is 2.71. The van der Waals surface area contributed by atoms with Crippen molar-refractivity contribution in [2.45, 2.75) is 24.6 Å². The minimum atomic E-state index is -4.83. The molecule has 0 aromatic rings. The summed E-state index contributed by atoms with van der Waals surface area (Å²) in [4.78, 5) is 16.7.